The number of halogens is 1. The Morgan fingerprint density at radius 3 is 2.37 bits per heavy atom. The molecule has 1 aliphatic rings. The molecule has 150 valence electrons. The third kappa shape index (κ3) is 4.15. The first-order chi connectivity index (χ1) is 14.5. The maximum atomic E-state index is 12.9. The highest BCUT2D eigenvalue weighted by Gasteiger charge is 2.34. The van der Waals surface area contributed by atoms with Gasteiger partial charge in [-0.2, -0.15) is 0 Å². The Morgan fingerprint density at radius 1 is 1.03 bits per heavy atom. The van der Waals surface area contributed by atoms with E-state index in [-0.39, 0.29) is 24.2 Å². The van der Waals surface area contributed by atoms with Crippen molar-refractivity contribution in [1.29, 1.82) is 0 Å². The average Bonchev–Trinajstić information content (AvgIpc) is 3.29. The van der Waals surface area contributed by atoms with Crippen LogP contribution in [-0.4, -0.2) is 39.4 Å². The molecule has 7 nitrogen and oxygen atoms in total. The number of imide groups is 1. The van der Waals surface area contributed by atoms with Crippen LogP contribution in [0.5, 0.6) is 0 Å². The number of nitrogens with one attached hydrogen (secondary N) is 1. The number of carbonyl (C=O) groups excluding carboxylic acids is 3. The second kappa shape index (κ2) is 8.34. The van der Waals surface area contributed by atoms with Gasteiger partial charge in [0.1, 0.15) is 10.8 Å². The predicted octanol–water partition coefficient (Wildman–Crippen LogP) is 3.17. The maximum absolute atomic E-state index is 12.9. The van der Waals surface area contributed by atoms with Crippen LogP contribution < -0.4 is 5.32 Å². The van der Waals surface area contributed by atoms with Gasteiger partial charge in [0.15, 0.2) is 0 Å². The summed E-state index contributed by atoms with van der Waals surface area (Å²) in [5.74, 6) is -1.39. The third-order valence-electron chi connectivity index (χ3n) is 4.42. The van der Waals surface area contributed by atoms with Crippen LogP contribution in [0.2, 0.25) is 0 Å². The van der Waals surface area contributed by atoms with Crippen molar-refractivity contribution in [2.45, 2.75) is 6.42 Å². The van der Waals surface area contributed by atoms with Gasteiger partial charge in [0, 0.05) is 19.0 Å². The number of amides is 3. The average molecular weight is 422 g/mol. The Labute approximate surface area is 174 Å². The Balaban J connectivity index is 1.32. The van der Waals surface area contributed by atoms with E-state index in [4.69, 9.17) is 0 Å². The number of hydrogen-bond acceptors (Lipinski definition) is 6. The smallest absolute Gasteiger partial charge is 0.261 e. The van der Waals surface area contributed by atoms with Crippen molar-refractivity contribution in [1.82, 2.24) is 15.1 Å². The molecule has 4 rings (SSSR count). The monoisotopic (exact) mass is 422 g/mol. The maximum Gasteiger partial charge on any atom is 0.261 e. The number of anilines is 1. The summed E-state index contributed by atoms with van der Waals surface area (Å²) in [6.07, 6.45) is 3.20. The number of rotatable bonds is 6. The van der Waals surface area contributed by atoms with E-state index in [9.17, 15) is 18.8 Å². The number of aromatic nitrogens is 2. The molecule has 0 saturated heterocycles. The zero-order valence-electron chi connectivity index (χ0n) is 15.5. The van der Waals surface area contributed by atoms with E-state index in [1.165, 1.54) is 34.4 Å². The van der Waals surface area contributed by atoms with Crippen molar-refractivity contribution in [2.75, 3.05) is 11.9 Å². The van der Waals surface area contributed by atoms with Crippen molar-refractivity contribution in [3.05, 3.63) is 82.1 Å². The van der Waals surface area contributed by atoms with E-state index in [2.05, 4.69) is 15.5 Å². The van der Waals surface area contributed by atoms with E-state index in [1.54, 1.807) is 42.5 Å². The zero-order valence-corrected chi connectivity index (χ0v) is 16.4. The van der Waals surface area contributed by atoms with Gasteiger partial charge < -0.3 is 0 Å². The second-order valence-electron chi connectivity index (χ2n) is 6.43. The van der Waals surface area contributed by atoms with Crippen LogP contribution in [0, 0.1) is 5.82 Å². The highest BCUT2D eigenvalue weighted by atomic mass is 32.1. The molecule has 0 atom stereocenters. The van der Waals surface area contributed by atoms with Crippen molar-refractivity contribution in [3.63, 3.8) is 0 Å². The molecule has 1 aliphatic heterocycles. The van der Waals surface area contributed by atoms with Crippen LogP contribution >= 0.6 is 11.3 Å². The van der Waals surface area contributed by atoms with Gasteiger partial charge >= 0.3 is 0 Å². The topological polar surface area (TPSA) is 92.3 Å². The lowest BCUT2D eigenvalue weighted by atomic mass is 10.1. The van der Waals surface area contributed by atoms with E-state index in [0.29, 0.717) is 33.3 Å². The molecule has 9 heteroatoms. The molecule has 0 spiro atoms. The van der Waals surface area contributed by atoms with E-state index < -0.39 is 5.91 Å². The van der Waals surface area contributed by atoms with Crippen LogP contribution in [0.1, 0.15) is 31.3 Å². The first-order valence-corrected chi connectivity index (χ1v) is 9.85. The predicted molar refractivity (Wildman–Crippen MR) is 109 cm³/mol. The first kappa shape index (κ1) is 19.6. The molecule has 0 fully saturated rings. The summed E-state index contributed by atoms with van der Waals surface area (Å²) >= 11 is 1.17. The fourth-order valence-electron chi connectivity index (χ4n) is 2.95. The molecule has 1 N–H and O–H groups in total. The Morgan fingerprint density at radius 2 is 1.70 bits per heavy atom. The number of carbonyl (C=O) groups is 3. The molecule has 0 radical (unpaired) electrons. The number of benzene rings is 2. The van der Waals surface area contributed by atoms with Crippen LogP contribution in [0.15, 0.2) is 54.6 Å². The fourth-order valence-corrected chi connectivity index (χ4v) is 3.68. The molecule has 2 aromatic carbocycles. The first-order valence-electron chi connectivity index (χ1n) is 9.03. The highest BCUT2D eigenvalue weighted by Crippen LogP contribution is 2.23. The largest absolute Gasteiger partial charge is 0.297 e. The molecule has 3 amide bonds. The summed E-state index contributed by atoms with van der Waals surface area (Å²) in [5.41, 5.74) is 1.49. The zero-order chi connectivity index (χ0) is 21.1. The third-order valence-corrected chi connectivity index (χ3v) is 5.32. The molecule has 2 heterocycles. The minimum absolute atomic E-state index is 0.180. The van der Waals surface area contributed by atoms with Gasteiger partial charge in [0.05, 0.1) is 11.1 Å². The normalized spacial score (nSPS) is 13.2. The minimum atomic E-state index is -0.401. The van der Waals surface area contributed by atoms with E-state index in [1.807, 2.05) is 0 Å². The summed E-state index contributed by atoms with van der Waals surface area (Å²) in [6, 6.07) is 12.4. The Kier molecular flexibility index (Phi) is 5.44. The van der Waals surface area contributed by atoms with E-state index in [0.717, 1.165) is 0 Å². The lowest BCUT2D eigenvalue weighted by Gasteiger charge is -2.11. The highest BCUT2D eigenvalue weighted by molar-refractivity contribution is 7.15. The van der Waals surface area contributed by atoms with Crippen molar-refractivity contribution in [2.24, 2.45) is 0 Å². The van der Waals surface area contributed by atoms with Gasteiger partial charge in [-0.05, 0) is 35.9 Å². The molecule has 0 saturated carbocycles. The molecule has 0 unspecified atom stereocenters. The molecule has 0 bridgehead atoms. The van der Waals surface area contributed by atoms with Crippen LogP contribution in [-0.2, 0) is 11.2 Å². The van der Waals surface area contributed by atoms with E-state index >= 15 is 0 Å². The number of hydrogen-bond donors (Lipinski definition) is 1. The molecule has 3 aromatic rings. The quantitative estimate of drug-likeness (QED) is 0.487. The van der Waals surface area contributed by atoms with Crippen LogP contribution in [0.3, 0.4) is 0 Å². The second-order valence-corrected chi connectivity index (χ2v) is 7.49. The summed E-state index contributed by atoms with van der Waals surface area (Å²) < 4.78 is 12.9. The summed E-state index contributed by atoms with van der Waals surface area (Å²) in [4.78, 5) is 37.9. The molecule has 0 aliphatic carbocycles. The minimum Gasteiger partial charge on any atom is -0.297 e. The van der Waals surface area contributed by atoms with Gasteiger partial charge in [-0.1, -0.05) is 35.6 Å². The summed E-state index contributed by atoms with van der Waals surface area (Å²) in [5, 5.41) is 11.4. The number of fused-ring (bicyclic) bond motifs is 1. The van der Waals surface area contributed by atoms with Crippen LogP contribution in [0.4, 0.5) is 9.52 Å². The summed E-state index contributed by atoms with van der Waals surface area (Å²) in [6.45, 7) is 0.180. The van der Waals surface area contributed by atoms with Crippen LogP contribution in [0.25, 0.3) is 6.08 Å². The van der Waals surface area contributed by atoms with Crippen molar-refractivity contribution in [3.8, 4) is 0 Å². The van der Waals surface area contributed by atoms with Gasteiger partial charge in [0.2, 0.25) is 11.0 Å². The van der Waals surface area contributed by atoms with Gasteiger partial charge in [0.25, 0.3) is 11.8 Å². The molecule has 1 aromatic heterocycles. The Hall–Kier alpha value is -3.72. The fraction of sp³-hybridized carbons (Fsp3) is 0.0952. The standard InChI is InChI=1S/C21H15FN4O3S/c22-14-8-5-13(6-9-14)7-10-17(27)23-21-25-24-18(30-21)11-12-26-19(28)15-3-1-2-4-16(15)20(26)29/h1-10H,11-12H2,(H,23,25,27)/b10-7+. The van der Waals surface area contributed by atoms with Crippen molar-refractivity contribution >= 4 is 40.3 Å². The summed E-state index contributed by atoms with van der Waals surface area (Å²) in [7, 11) is 0. The van der Waals surface area contributed by atoms with Gasteiger partial charge in [-0.3, -0.25) is 24.6 Å². The molecular formula is C21H15FN4O3S. The lowest BCUT2D eigenvalue weighted by Crippen LogP contribution is -2.31. The Bertz CT molecular complexity index is 1120. The lowest BCUT2D eigenvalue weighted by molar-refractivity contribution is -0.111. The number of nitrogens with zero attached hydrogens (tertiary/aromatic N) is 3. The van der Waals surface area contributed by atoms with Gasteiger partial charge in [-0.15, -0.1) is 10.2 Å². The van der Waals surface area contributed by atoms with Gasteiger partial charge in [-0.25, -0.2) is 4.39 Å². The molecule has 30 heavy (non-hydrogen) atoms. The van der Waals surface area contributed by atoms with Crippen molar-refractivity contribution < 1.29 is 18.8 Å². The SMILES string of the molecule is O=C(/C=C/c1ccc(F)cc1)Nc1nnc(CCN2C(=O)c3ccccc3C2=O)s1. The molecular weight excluding hydrogens is 407 g/mol.